The fourth-order valence-corrected chi connectivity index (χ4v) is 2.40. The minimum Gasteiger partial charge on any atom is -0.395 e. The molecule has 0 aliphatic heterocycles. The second kappa shape index (κ2) is 8.87. The van der Waals surface area contributed by atoms with Crippen LogP contribution in [0.1, 0.15) is 31.1 Å². The van der Waals surface area contributed by atoms with Crippen LogP contribution in [0.3, 0.4) is 0 Å². The lowest BCUT2D eigenvalue weighted by atomic mass is 9.93. The summed E-state index contributed by atoms with van der Waals surface area (Å²) < 4.78 is 0. The average Bonchev–Trinajstić information content (AvgIpc) is 2.65. The van der Waals surface area contributed by atoms with Crippen molar-refractivity contribution in [1.82, 2.24) is 0 Å². The number of carbonyl (C=O) groups excluding carboxylic acids is 1. The molecule has 0 aliphatic rings. The van der Waals surface area contributed by atoms with Crippen LogP contribution in [0.4, 0.5) is 5.69 Å². The van der Waals surface area contributed by atoms with Gasteiger partial charge in [0.1, 0.15) is 12.4 Å². The minimum atomic E-state index is -1.14. The summed E-state index contributed by atoms with van der Waals surface area (Å²) in [5, 5.41) is 25.1. The molecule has 0 bridgehead atoms. The highest BCUT2D eigenvalue weighted by molar-refractivity contribution is 5.98. The third-order valence-electron chi connectivity index (χ3n) is 4.00. The molecule has 136 valence electrons. The average molecular weight is 356 g/mol. The van der Waals surface area contributed by atoms with Gasteiger partial charge in [-0.05, 0) is 37.1 Å². The largest absolute Gasteiger partial charge is 0.395 e. The molecule has 26 heavy (non-hydrogen) atoms. The smallest absolute Gasteiger partial charge is 0.269 e. The molecule has 7 nitrogen and oxygen atoms in total. The molecular weight excluding hydrogens is 336 g/mol. The number of hydrogen-bond acceptors (Lipinski definition) is 6. The van der Waals surface area contributed by atoms with Crippen molar-refractivity contribution in [3.8, 4) is 0 Å². The van der Waals surface area contributed by atoms with Gasteiger partial charge in [0.05, 0.1) is 22.7 Å². The summed E-state index contributed by atoms with van der Waals surface area (Å²) in [5.41, 5.74) is 1.86. The number of nitrogens with zero attached hydrogens (tertiary/aromatic N) is 2. The predicted octanol–water partition coefficient (Wildman–Crippen LogP) is 3.27. The molecule has 0 amide bonds. The number of aliphatic hydroxyl groups excluding tert-OH is 1. The lowest BCUT2D eigenvalue weighted by molar-refractivity contribution is -0.384. The summed E-state index contributed by atoms with van der Waals surface area (Å²) in [6.07, 6.45) is -1.14. The zero-order valence-electron chi connectivity index (χ0n) is 14.5. The standard InChI is InChI=1S/C19H20N2O5/c1-13(15-6-4-3-5-7-15)20-26-12-18(14(2)22)19(23)16-8-10-17(11-9-16)21(24)25/h3-11,18-19,23H,12H2,1-2H3/b20-13+/t18-,19+/m0/s1. The summed E-state index contributed by atoms with van der Waals surface area (Å²) in [5.74, 6) is -1.09. The fraction of sp³-hybridized carbons (Fsp3) is 0.263. The molecule has 0 aliphatic carbocycles. The van der Waals surface area contributed by atoms with E-state index in [1.165, 1.54) is 31.2 Å². The van der Waals surface area contributed by atoms with Crippen LogP contribution in [0.2, 0.25) is 0 Å². The lowest BCUT2D eigenvalue weighted by Gasteiger charge is -2.19. The quantitative estimate of drug-likeness (QED) is 0.444. The number of ketones is 1. The Hall–Kier alpha value is -3.06. The lowest BCUT2D eigenvalue weighted by Crippen LogP contribution is -2.24. The van der Waals surface area contributed by atoms with Crippen LogP contribution in [0.25, 0.3) is 0 Å². The van der Waals surface area contributed by atoms with Crippen molar-refractivity contribution < 1.29 is 19.7 Å². The Balaban J connectivity index is 2.06. The van der Waals surface area contributed by atoms with E-state index in [0.717, 1.165) is 5.56 Å². The van der Waals surface area contributed by atoms with Crippen LogP contribution >= 0.6 is 0 Å². The number of aliphatic hydroxyl groups is 1. The molecule has 2 rings (SSSR count). The van der Waals surface area contributed by atoms with E-state index < -0.39 is 16.9 Å². The number of benzene rings is 2. The molecule has 0 radical (unpaired) electrons. The van der Waals surface area contributed by atoms with E-state index in [2.05, 4.69) is 5.16 Å². The highest BCUT2D eigenvalue weighted by Gasteiger charge is 2.26. The number of hydrogen-bond donors (Lipinski definition) is 1. The minimum absolute atomic E-state index is 0.0836. The molecule has 2 atom stereocenters. The normalized spacial score (nSPS) is 13.7. The van der Waals surface area contributed by atoms with Gasteiger partial charge in [0.2, 0.25) is 0 Å². The SMILES string of the molecule is CC(=O)[C@H](CO/N=C(\C)c1ccccc1)[C@H](O)c1ccc([N+](=O)[O-])cc1. The summed E-state index contributed by atoms with van der Waals surface area (Å²) >= 11 is 0. The summed E-state index contributed by atoms with van der Waals surface area (Å²) in [6.45, 7) is 3.04. The Morgan fingerprint density at radius 3 is 2.31 bits per heavy atom. The van der Waals surface area contributed by atoms with Crippen molar-refractivity contribution in [1.29, 1.82) is 0 Å². The third kappa shape index (κ3) is 4.97. The number of oxime groups is 1. The van der Waals surface area contributed by atoms with E-state index in [4.69, 9.17) is 4.84 Å². The second-order valence-electron chi connectivity index (χ2n) is 5.85. The zero-order valence-corrected chi connectivity index (χ0v) is 14.5. The Bertz CT molecular complexity index is 787. The van der Waals surface area contributed by atoms with Gasteiger partial charge in [0.25, 0.3) is 5.69 Å². The monoisotopic (exact) mass is 356 g/mol. The number of Topliss-reactive ketones (excluding diaryl/α,β-unsaturated/α-hetero) is 1. The highest BCUT2D eigenvalue weighted by atomic mass is 16.6. The number of nitro benzene ring substituents is 1. The van der Waals surface area contributed by atoms with Gasteiger partial charge in [-0.25, -0.2) is 0 Å². The van der Waals surface area contributed by atoms with Crippen molar-refractivity contribution in [2.24, 2.45) is 11.1 Å². The molecule has 0 heterocycles. The number of nitro groups is 1. The fourth-order valence-electron chi connectivity index (χ4n) is 2.40. The van der Waals surface area contributed by atoms with Crippen LogP contribution < -0.4 is 0 Å². The van der Waals surface area contributed by atoms with E-state index in [1.807, 2.05) is 30.3 Å². The number of carbonyl (C=O) groups is 1. The molecule has 0 aromatic heterocycles. The van der Waals surface area contributed by atoms with Crippen molar-refractivity contribution in [3.05, 3.63) is 75.8 Å². The first-order chi connectivity index (χ1) is 12.4. The first kappa shape index (κ1) is 19.3. The number of non-ortho nitro benzene ring substituents is 1. The van der Waals surface area contributed by atoms with Crippen molar-refractivity contribution in [2.75, 3.05) is 6.61 Å². The van der Waals surface area contributed by atoms with Gasteiger partial charge in [-0.2, -0.15) is 0 Å². The summed E-state index contributed by atoms with van der Waals surface area (Å²) in [4.78, 5) is 27.3. The van der Waals surface area contributed by atoms with Crippen molar-refractivity contribution in [2.45, 2.75) is 20.0 Å². The van der Waals surface area contributed by atoms with Gasteiger partial charge in [-0.1, -0.05) is 35.5 Å². The maximum absolute atomic E-state index is 11.9. The van der Waals surface area contributed by atoms with Crippen LogP contribution in [0.5, 0.6) is 0 Å². The molecule has 0 saturated heterocycles. The third-order valence-corrected chi connectivity index (χ3v) is 4.00. The van der Waals surface area contributed by atoms with E-state index in [1.54, 1.807) is 6.92 Å². The number of rotatable bonds is 8. The van der Waals surface area contributed by atoms with Crippen LogP contribution in [-0.2, 0) is 9.63 Å². The Morgan fingerprint density at radius 2 is 1.77 bits per heavy atom. The van der Waals surface area contributed by atoms with Gasteiger partial charge >= 0.3 is 0 Å². The Morgan fingerprint density at radius 1 is 1.15 bits per heavy atom. The summed E-state index contributed by atoms with van der Waals surface area (Å²) in [7, 11) is 0. The van der Waals surface area contributed by atoms with Crippen molar-refractivity contribution in [3.63, 3.8) is 0 Å². The summed E-state index contributed by atoms with van der Waals surface area (Å²) in [6, 6.07) is 14.9. The molecule has 0 saturated carbocycles. The molecular formula is C19H20N2O5. The first-order valence-corrected chi connectivity index (χ1v) is 8.05. The van der Waals surface area contributed by atoms with E-state index in [9.17, 15) is 20.0 Å². The predicted molar refractivity (Wildman–Crippen MR) is 96.8 cm³/mol. The molecule has 0 spiro atoms. The van der Waals surface area contributed by atoms with E-state index in [0.29, 0.717) is 11.3 Å². The molecule has 0 fully saturated rings. The van der Waals surface area contributed by atoms with Gasteiger partial charge < -0.3 is 9.94 Å². The Labute approximate surface area is 151 Å². The molecule has 1 N–H and O–H groups in total. The van der Waals surface area contributed by atoms with Gasteiger partial charge in [-0.3, -0.25) is 14.9 Å². The maximum atomic E-state index is 11.9. The zero-order chi connectivity index (χ0) is 19.1. The van der Waals surface area contributed by atoms with Crippen LogP contribution in [0.15, 0.2) is 59.8 Å². The van der Waals surface area contributed by atoms with Crippen LogP contribution in [-0.4, -0.2) is 28.1 Å². The van der Waals surface area contributed by atoms with Gasteiger partial charge in [0, 0.05) is 12.1 Å². The molecule has 7 heteroatoms. The second-order valence-corrected chi connectivity index (χ2v) is 5.85. The van der Waals surface area contributed by atoms with E-state index in [-0.39, 0.29) is 18.1 Å². The van der Waals surface area contributed by atoms with E-state index >= 15 is 0 Å². The molecule has 2 aromatic rings. The maximum Gasteiger partial charge on any atom is 0.269 e. The molecule has 2 aromatic carbocycles. The topological polar surface area (TPSA) is 102 Å². The van der Waals surface area contributed by atoms with Crippen molar-refractivity contribution >= 4 is 17.2 Å². The highest BCUT2D eigenvalue weighted by Crippen LogP contribution is 2.25. The van der Waals surface area contributed by atoms with Gasteiger partial charge in [-0.15, -0.1) is 0 Å². The van der Waals surface area contributed by atoms with Gasteiger partial charge in [0.15, 0.2) is 0 Å². The molecule has 0 unspecified atom stereocenters. The van der Waals surface area contributed by atoms with Crippen LogP contribution in [0, 0.1) is 16.0 Å². The Kier molecular flexibility index (Phi) is 6.57. The first-order valence-electron chi connectivity index (χ1n) is 8.05.